The Kier molecular flexibility index (Phi) is 5.72. The minimum absolute atomic E-state index is 0.0326. The second-order valence-corrected chi connectivity index (χ2v) is 10.5. The summed E-state index contributed by atoms with van der Waals surface area (Å²) in [6, 6.07) is 7.95. The van der Waals surface area contributed by atoms with Gasteiger partial charge in [-0.2, -0.15) is 0 Å². The van der Waals surface area contributed by atoms with E-state index in [2.05, 4.69) is 22.3 Å². The first-order chi connectivity index (χ1) is 15.0. The molecule has 4 aliphatic rings. The summed E-state index contributed by atoms with van der Waals surface area (Å²) in [4.78, 5) is 32.7. The lowest BCUT2D eigenvalue weighted by molar-refractivity contribution is -0.123. The SMILES string of the molecule is CN1CCC(C(=O)N=CC2CCC2)(c2cccc(NC(=O)CC(C3CC3)C3CC3)c2)C1. The maximum Gasteiger partial charge on any atom is 0.257 e. The quantitative estimate of drug-likeness (QED) is 0.632. The van der Waals surface area contributed by atoms with E-state index in [1.54, 1.807) is 0 Å². The number of likely N-dealkylation sites (N-methyl/N-ethyl adjacent to an activating group) is 1. The van der Waals surface area contributed by atoms with Crippen LogP contribution in [0.15, 0.2) is 29.3 Å². The number of anilines is 1. The zero-order valence-electron chi connectivity index (χ0n) is 18.7. The van der Waals surface area contributed by atoms with Crippen LogP contribution in [0.25, 0.3) is 0 Å². The first kappa shape index (κ1) is 20.9. The lowest BCUT2D eigenvalue weighted by Crippen LogP contribution is -2.38. The van der Waals surface area contributed by atoms with E-state index in [1.807, 2.05) is 30.5 Å². The number of nitrogens with zero attached hydrogens (tertiary/aromatic N) is 2. The highest BCUT2D eigenvalue weighted by molar-refractivity contribution is 5.96. The lowest BCUT2D eigenvalue weighted by Gasteiger charge is -2.27. The average molecular weight is 422 g/mol. The normalized spacial score (nSPS) is 27.0. The van der Waals surface area contributed by atoms with E-state index in [4.69, 9.17) is 0 Å². The van der Waals surface area contributed by atoms with Gasteiger partial charge >= 0.3 is 0 Å². The van der Waals surface area contributed by atoms with Crippen molar-refractivity contribution in [2.24, 2.45) is 28.7 Å². The molecule has 1 aromatic rings. The Labute approximate surface area is 185 Å². The van der Waals surface area contributed by atoms with Crippen molar-refractivity contribution in [3.8, 4) is 0 Å². The Morgan fingerprint density at radius 1 is 1.19 bits per heavy atom. The first-order valence-corrected chi connectivity index (χ1v) is 12.2. The van der Waals surface area contributed by atoms with Crippen molar-refractivity contribution in [2.45, 2.75) is 63.2 Å². The highest BCUT2D eigenvalue weighted by Crippen LogP contribution is 2.50. The van der Waals surface area contributed by atoms with E-state index in [0.29, 0.717) is 24.8 Å². The fourth-order valence-corrected chi connectivity index (χ4v) is 5.51. The standard InChI is InChI=1S/C26H35N3O2/c1-29-13-12-26(17-29,25(31)27-16-18-4-2-5-18)21-6-3-7-22(14-21)28-24(30)15-23(19-8-9-19)20-10-11-20/h3,6-7,14,16,18-20,23H,2,4-5,8-13,15,17H2,1H3,(H,28,30). The molecule has 1 aromatic carbocycles. The number of likely N-dealkylation sites (tertiary alicyclic amines) is 1. The van der Waals surface area contributed by atoms with Crippen LogP contribution in [0, 0.1) is 23.7 Å². The molecule has 1 N–H and O–H groups in total. The number of amides is 2. The molecule has 4 fully saturated rings. The summed E-state index contributed by atoms with van der Waals surface area (Å²) in [6.07, 6.45) is 12.0. The molecule has 5 nitrogen and oxygen atoms in total. The van der Waals surface area contributed by atoms with Gasteiger partial charge in [-0.3, -0.25) is 9.59 Å². The number of carbonyl (C=O) groups excluding carboxylic acids is 2. The van der Waals surface area contributed by atoms with Crippen molar-refractivity contribution < 1.29 is 9.59 Å². The molecule has 5 heteroatoms. The summed E-state index contributed by atoms with van der Waals surface area (Å²) in [5.41, 5.74) is 1.17. The Morgan fingerprint density at radius 3 is 2.52 bits per heavy atom. The number of hydrogen-bond acceptors (Lipinski definition) is 3. The van der Waals surface area contributed by atoms with E-state index >= 15 is 0 Å². The maximum atomic E-state index is 13.3. The molecule has 1 aliphatic heterocycles. The highest BCUT2D eigenvalue weighted by atomic mass is 16.2. The molecular weight excluding hydrogens is 386 g/mol. The Bertz CT molecular complexity index is 857. The van der Waals surface area contributed by atoms with Crippen LogP contribution in [0.2, 0.25) is 0 Å². The number of carbonyl (C=O) groups is 2. The Morgan fingerprint density at radius 2 is 1.94 bits per heavy atom. The van der Waals surface area contributed by atoms with Crippen molar-refractivity contribution in [1.29, 1.82) is 0 Å². The van der Waals surface area contributed by atoms with Crippen molar-refractivity contribution >= 4 is 23.7 Å². The Balaban J connectivity index is 1.31. The molecule has 3 saturated carbocycles. The molecule has 5 rings (SSSR count). The summed E-state index contributed by atoms with van der Waals surface area (Å²) in [6.45, 7) is 1.56. The lowest BCUT2D eigenvalue weighted by atomic mass is 9.78. The highest BCUT2D eigenvalue weighted by Gasteiger charge is 2.45. The predicted molar refractivity (Wildman–Crippen MR) is 123 cm³/mol. The molecular formula is C26H35N3O2. The summed E-state index contributed by atoms with van der Waals surface area (Å²) in [5, 5.41) is 3.14. The van der Waals surface area contributed by atoms with E-state index in [1.165, 1.54) is 32.1 Å². The second kappa shape index (κ2) is 8.50. The molecule has 2 amide bonds. The molecule has 1 heterocycles. The summed E-state index contributed by atoms with van der Waals surface area (Å²) in [7, 11) is 2.06. The molecule has 0 bridgehead atoms. The molecule has 166 valence electrons. The van der Waals surface area contributed by atoms with Gasteiger partial charge in [0, 0.05) is 24.9 Å². The molecule has 1 unspecified atom stereocenters. The van der Waals surface area contributed by atoms with Crippen molar-refractivity contribution in [2.75, 3.05) is 25.5 Å². The van der Waals surface area contributed by atoms with E-state index < -0.39 is 5.41 Å². The van der Waals surface area contributed by atoms with Gasteiger partial charge in [-0.1, -0.05) is 18.6 Å². The molecule has 31 heavy (non-hydrogen) atoms. The van der Waals surface area contributed by atoms with Crippen LogP contribution >= 0.6 is 0 Å². The first-order valence-electron chi connectivity index (χ1n) is 12.2. The van der Waals surface area contributed by atoms with Gasteiger partial charge in [-0.25, -0.2) is 4.99 Å². The minimum Gasteiger partial charge on any atom is -0.326 e. The Hall–Kier alpha value is -2.01. The third-order valence-electron chi connectivity index (χ3n) is 8.00. The number of nitrogens with one attached hydrogen (secondary N) is 1. The summed E-state index contributed by atoms with van der Waals surface area (Å²) >= 11 is 0. The van der Waals surface area contributed by atoms with Gasteiger partial charge in [0.2, 0.25) is 5.91 Å². The predicted octanol–water partition coefficient (Wildman–Crippen LogP) is 4.42. The van der Waals surface area contributed by atoms with Crippen LogP contribution in [0.1, 0.15) is 63.4 Å². The molecule has 0 spiro atoms. The molecule has 1 atom stereocenters. The molecule has 0 radical (unpaired) electrons. The van der Waals surface area contributed by atoms with Gasteiger partial charge in [0.15, 0.2) is 0 Å². The molecule has 3 aliphatic carbocycles. The molecule has 1 saturated heterocycles. The fraction of sp³-hybridized carbons (Fsp3) is 0.654. The number of benzene rings is 1. The number of rotatable bonds is 8. The van der Waals surface area contributed by atoms with Crippen molar-refractivity contribution in [1.82, 2.24) is 4.90 Å². The zero-order chi connectivity index (χ0) is 21.4. The second-order valence-electron chi connectivity index (χ2n) is 10.5. The largest absolute Gasteiger partial charge is 0.326 e. The van der Waals surface area contributed by atoms with Gasteiger partial charge in [0.1, 0.15) is 0 Å². The van der Waals surface area contributed by atoms with Crippen LogP contribution in [0.3, 0.4) is 0 Å². The van der Waals surface area contributed by atoms with Gasteiger partial charge < -0.3 is 10.2 Å². The fourth-order valence-electron chi connectivity index (χ4n) is 5.51. The smallest absolute Gasteiger partial charge is 0.257 e. The zero-order valence-corrected chi connectivity index (χ0v) is 18.7. The summed E-state index contributed by atoms with van der Waals surface area (Å²) in [5.74, 6) is 2.67. The van der Waals surface area contributed by atoms with Gasteiger partial charge in [-0.05, 0) is 99.9 Å². The minimum atomic E-state index is -0.611. The van der Waals surface area contributed by atoms with Gasteiger partial charge in [0.05, 0.1) is 5.41 Å². The summed E-state index contributed by atoms with van der Waals surface area (Å²) < 4.78 is 0. The maximum absolute atomic E-state index is 13.3. The van der Waals surface area contributed by atoms with Crippen LogP contribution in [-0.4, -0.2) is 43.1 Å². The monoisotopic (exact) mass is 421 g/mol. The third kappa shape index (κ3) is 4.62. The van der Waals surface area contributed by atoms with Crippen LogP contribution in [0.4, 0.5) is 5.69 Å². The van der Waals surface area contributed by atoms with E-state index in [-0.39, 0.29) is 11.8 Å². The average Bonchev–Trinajstić information content (AvgIpc) is 3.64. The topological polar surface area (TPSA) is 61.8 Å². The van der Waals surface area contributed by atoms with Crippen molar-refractivity contribution in [3.05, 3.63) is 29.8 Å². The van der Waals surface area contributed by atoms with Crippen LogP contribution in [-0.2, 0) is 15.0 Å². The van der Waals surface area contributed by atoms with E-state index in [9.17, 15) is 9.59 Å². The molecule has 0 aromatic heterocycles. The third-order valence-corrected chi connectivity index (χ3v) is 8.00. The number of hydrogen-bond donors (Lipinski definition) is 1. The van der Waals surface area contributed by atoms with Crippen LogP contribution < -0.4 is 5.32 Å². The van der Waals surface area contributed by atoms with Gasteiger partial charge in [0.25, 0.3) is 5.91 Å². The van der Waals surface area contributed by atoms with Crippen LogP contribution in [0.5, 0.6) is 0 Å². The van der Waals surface area contributed by atoms with Gasteiger partial charge in [-0.15, -0.1) is 0 Å². The van der Waals surface area contributed by atoms with Crippen molar-refractivity contribution in [3.63, 3.8) is 0 Å². The van der Waals surface area contributed by atoms with E-state index in [0.717, 1.165) is 48.9 Å². The number of aliphatic imine (C=N–C) groups is 1.